The highest BCUT2D eigenvalue weighted by molar-refractivity contribution is 6.16. The highest BCUT2D eigenvalue weighted by atomic mass is 16.5. The zero-order chi connectivity index (χ0) is 17.5. The summed E-state index contributed by atoms with van der Waals surface area (Å²) in [7, 11) is 0. The predicted octanol–water partition coefficient (Wildman–Crippen LogP) is 2.52. The molecular weight excluding hydrogens is 312 g/mol. The lowest BCUT2D eigenvalue weighted by atomic mass is 9.79. The van der Waals surface area contributed by atoms with Gasteiger partial charge >= 0.3 is 0 Å². The van der Waals surface area contributed by atoms with Crippen LogP contribution in [0.25, 0.3) is 21.5 Å². The minimum Gasteiger partial charge on any atom is -0.489 e. The lowest BCUT2D eigenvalue weighted by molar-refractivity contribution is 0.187. The molecule has 6 heteroatoms. The van der Waals surface area contributed by atoms with Gasteiger partial charge in [-0.05, 0) is 25.5 Å². The van der Waals surface area contributed by atoms with Crippen LogP contribution in [0.15, 0.2) is 20.1 Å². The van der Waals surface area contributed by atoms with Crippen molar-refractivity contribution in [1.29, 1.82) is 0 Å². The van der Waals surface area contributed by atoms with Gasteiger partial charge in [-0.25, -0.2) is 0 Å². The van der Waals surface area contributed by atoms with Gasteiger partial charge in [-0.1, -0.05) is 13.8 Å². The molecule has 2 N–H and O–H groups in total. The fourth-order valence-corrected chi connectivity index (χ4v) is 3.64. The molecule has 1 aliphatic heterocycles. The summed E-state index contributed by atoms with van der Waals surface area (Å²) in [5.41, 5.74) is -0.423. The predicted molar refractivity (Wildman–Crippen MR) is 88.6 cm³/mol. The molecular formula is C18H16O6. The van der Waals surface area contributed by atoms with Gasteiger partial charge in [0.1, 0.15) is 22.6 Å². The number of aryl methyl sites for hydroxylation is 1. The van der Waals surface area contributed by atoms with Crippen molar-refractivity contribution in [3.63, 3.8) is 0 Å². The summed E-state index contributed by atoms with van der Waals surface area (Å²) in [6.07, 6.45) is -0.255. The van der Waals surface area contributed by atoms with Crippen LogP contribution in [0, 0.1) is 6.92 Å². The number of hydrogen-bond acceptors (Lipinski definition) is 6. The van der Waals surface area contributed by atoms with Crippen LogP contribution in [0.4, 0.5) is 0 Å². The second kappa shape index (κ2) is 4.20. The van der Waals surface area contributed by atoms with Gasteiger partial charge in [-0.15, -0.1) is 0 Å². The van der Waals surface area contributed by atoms with Gasteiger partial charge in [0.05, 0.1) is 5.56 Å². The van der Waals surface area contributed by atoms with E-state index < -0.39 is 28.2 Å². The monoisotopic (exact) mass is 328 g/mol. The summed E-state index contributed by atoms with van der Waals surface area (Å²) < 4.78 is 10.8. The number of rotatable bonds is 0. The summed E-state index contributed by atoms with van der Waals surface area (Å²) in [5.74, 6) is -0.990. The van der Waals surface area contributed by atoms with Gasteiger partial charge in [0.25, 0.3) is 11.9 Å². The number of hydrogen-bond donors (Lipinski definition) is 2. The summed E-state index contributed by atoms with van der Waals surface area (Å²) in [5, 5.41) is 20.6. The Hall–Kier alpha value is -2.76. The van der Waals surface area contributed by atoms with E-state index >= 15 is 0 Å². The molecule has 0 aliphatic carbocycles. The fourth-order valence-electron chi connectivity index (χ4n) is 3.64. The summed E-state index contributed by atoms with van der Waals surface area (Å²) in [6, 6.07) is 1.37. The Morgan fingerprint density at radius 3 is 2.33 bits per heavy atom. The van der Waals surface area contributed by atoms with Crippen LogP contribution in [0.5, 0.6) is 17.6 Å². The molecule has 4 rings (SSSR count). The highest BCUT2D eigenvalue weighted by Gasteiger charge is 2.44. The Kier molecular flexibility index (Phi) is 2.59. The van der Waals surface area contributed by atoms with Crippen LogP contribution >= 0.6 is 0 Å². The zero-order valence-corrected chi connectivity index (χ0v) is 13.7. The Balaban J connectivity index is 2.45. The molecule has 1 aliphatic rings. The molecule has 0 spiro atoms. The van der Waals surface area contributed by atoms with Gasteiger partial charge in [0, 0.05) is 16.2 Å². The van der Waals surface area contributed by atoms with Crippen molar-refractivity contribution in [3.8, 4) is 17.6 Å². The van der Waals surface area contributed by atoms with Crippen LogP contribution in [0.1, 0.15) is 31.9 Å². The first kappa shape index (κ1) is 14.8. The van der Waals surface area contributed by atoms with Crippen molar-refractivity contribution in [2.45, 2.75) is 39.2 Å². The molecule has 1 atom stereocenters. The first-order valence-electron chi connectivity index (χ1n) is 7.65. The van der Waals surface area contributed by atoms with E-state index in [0.29, 0.717) is 22.3 Å². The first-order chi connectivity index (χ1) is 11.2. The van der Waals surface area contributed by atoms with E-state index in [-0.39, 0.29) is 22.3 Å². The van der Waals surface area contributed by atoms with Gasteiger partial charge in [0.15, 0.2) is 5.43 Å². The van der Waals surface area contributed by atoms with Crippen molar-refractivity contribution in [3.05, 3.63) is 37.6 Å². The van der Waals surface area contributed by atoms with E-state index in [1.807, 2.05) is 20.8 Å². The van der Waals surface area contributed by atoms with Crippen LogP contribution in [-0.2, 0) is 5.41 Å². The molecule has 3 aromatic rings. The van der Waals surface area contributed by atoms with E-state index in [4.69, 9.17) is 9.15 Å². The standard InChI is InChI=1S/C18H16O6/c1-6-5-8(19)10-11-9(6)15-13(18(3,4)7(2)23-15)14(20)12(11)17(22)24-16(10)21/h5,7,21-22H,1-4H3/t7-/m1/s1. The third kappa shape index (κ3) is 1.50. The van der Waals surface area contributed by atoms with Crippen molar-refractivity contribution in [2.75, 3.05) is 0 Å². The van der Waals surface area contributed by atoms with Gasteiger partial charge in [-0.3, -0.25) is 9.59 Å². The van der Waals surface area contributed by atoms with E-state index in [0.717, 1.165) is 0 Å². The Bertz CT molecular complexity index is 1140. The van der Waals surface area contributed by atoms with E-state index in [1.165, 1.54) is 6.07 Å². The summed E-state index contributed by atoms with van der Waals surface area (Å²) in [6.45, 7) is 7.39. The molecule has 0 radical (unpaired) electrons. The smallest absolute Gasteiger partial charge is 0.296 e. The second-order valence-corrected chi connectivity index (χ2v) is 6.92. The molecule has 124 valence electrons. The molecule has 0 saturated heterocycles. The van der Waals surface area contributed by atoms with Crippen LogP contribution < -0.4 is 15.6 Å². The fraction of sp³-hybridized carbons (Fsp3) is 0.333. The molecule has 0 saturated carbocycles. The maximum Gasteiger partial charge on any atom is 0.296 e. The van der Waals surface area contributed by atoms with Gasteiger partial charge < -0.3 is 19.4 Å². The van der Waals surface area contributed by atoms with Crippen molar-refractivity contribution < 1.29 is 19.4 Å². The van der Waals surface area contributed by atoms with E-state index in [1.54, 1.807) is 6.92 Å². The number of benzene rings is 2. The average molecular weight is 328 g/mol. The molecule has 0 amide bonds. The van der Waals surface area contributed by atoms with Crippen molar-refractivity contribution in [2.24, 2.45) is 0 Å². The van der Waals surface area contributed by atoms with Crippen LogP contribution in [0.2, 0.25) is 0 Å². The van der Waals surface area contributed by atoms with Crippen LogP contribution in [-0.4, -0.2) is 16.3 Å². The number of ether oxygens (including phenoxy) is 1. The van der Waals surface area contributed by atoms with Crippen LogP contribution in [0.3, 0.4) is 0 Å². The maximum absolute atomic E-state index is 13.1. The maximum atomic E-state index is 13.1. The zero-order valence-electron chi connectivity index (χ0n) is 13.7. The minimum atomic E-state index is -0.709. The minimum absolute atomic E-state index is 0.0943. The second-order valence-electron chi connectivity index (χ2n) is 6.92. The normalized spacial score (nSPS) is 18.9. The lowest BCUT2D eigenvalue weighted by Gasteiger charge is -2.21. The first-order valence-corrected chi connectivity index (χ1v) is 7.65. The SMILES string of the molecule is Cc1cc(=O)c2c(O)oc(O)c3c(=O)c4c(c1c23)O[C@H](C)C4(C)C. The molecule has 0 unspecified atom stereocenters. The third-order valence-electron chi connectivity index (χ3n) is 5.22. The van der Waals surface area contributed by atoms with E-state index in [2.05, 4.69) is 0 Å². The molecule has 2 heterocycles. The molecule has 0 bridgehead atoms. The van der Waals surface area contributed by atoms with E-state index in [9.17, 15) is 19.8 Å². The largest absolute Gasteiger partial charge is 0.489 e. The molecule has 1 aromatic heterocycles. The topological polar surface area (TPSA) is 97.0 Å². The highest BCUT2D eigenvalue weighted by Crippen LogP contribution is 2.49. The van der Waals surface area contributed by atoms with Crippen molar-refractivity contribution >= 4 is 21.5 Å². The van der Waals surface area contributed by atoms with Gasteiger partial charge in [-0.2, -0.15) is 0 Å². The average Bonchev–Trinajstić information content (AvgIpc) is 2.68. The number of aromatic hydroxyl groups is 2. The molecule has 0 fully saturated rings. The molecule has 6 nitrogen and oxygen atoms in total. The molecule has 24 heavy (non-hydrogen) atoms. The summed E-state index contributed by atoms with van der Waals surface area (Å²) in [4.78, 5) is 25.4. The third-order valence-corrected chi connectivity index (χ3v) is 5.22. The Morgan fingerprint density at radius 2 is 1.67 bits per heavy atom. The lowest BCUT2D eigenvalue weighted by Crippen LogP contribution is -2.32. The number of fused-ring (bicyclic) bond motifs is 2. The molecule has 2 aromatic carbocycles. The Morgan fingerprint density at radius 1 is 1.04 bits per heavy atom. The summed E-state index contributed by atoms with van der Waals surface area (Å²) >= 11 is 0. The van der Waals surface area contributed by atoms with Gasteiger partial charge in [0.2, 0.25) is 5.43 Å². The Labute approximate surface area is 136 Å². The van der Waals surface area contributed by atoms with Crippen molar-refractivity contribution in [1.82, 2.24) is 0 Å². The quantitative estimate of drug-likeness (QED) is 0.658.